The first kappa shape index (κ1) is 25.7. The summed E-state index contributed by atoms with van der Waals surface area (Å²) in [4.78, 5) is 51.4. The molecule has 0 bridgehead atoms. The molecule has 2 fully saturated rings. The molecule has 32 heavy (non-hydrogen) atoms. The van der Waals surface area contributed by atoms with Crippen molar-refractivity contribution in [2.75, 3.05) is 26.2 Å². The molecule has 2 heterocycles. The number of amides is 3. The minimum atomic E-state index is -0.958. The Labute approximate surface area is 190 Å². The summed E-state index contributed by atoms with van der Waals surface area (Å²) < 4.78 is 5.41. The number of rotatable bonds is 6. The second kappa shape index (κ2) is 11.3. The summed E-state index contributed by atoms with van der Waals surface area (Å²) in [6.45, 7) is 9.33. The number of nitrogens with one attached hydrogen (secondary N) is 1. The summed E-state index contributed by atoms with van der Waals surface area (Å²) in [5.74, 6) is -1.38. The zero-order chi connectivity index (χ0) is 23.9. The third-order valence-electron chi connectivity index (χ3n) is 5.68. The predicted octanol–water partition coefficient (Wildman–Crippen LogP) is 2.41. The maximum absolute atomic E-state index is 12.7. The van der Waals surface area contributed by atoms with Gasteiger partial charge in [-0.1, -0.05) is 6.08 Å². The summed E-state index contributed by atoms with van der Waals surface area (Å²) in [6.07, 6.45) is 6.03. The Kier molecular flexibility index (Phi) is 9.09. The molecule has 2 atom stereocenters. The number of aliphatic carboxylic acids is 1. The average molecular weight is 452 g/mol. The fraction of sp³-hybridized carbons (Fsp3) is 0.739. The van der Waals surface area contributed by atoms with E-state index in [4.69, 9.17) is 9.84 Å². The highest BCUT2D eigenvalue weighted by molar-refractivity contribution is 5.88. The fourth-order valence-electron chi connectivity index (χ4n) is 3.99. The molecular formula is C23H37N3O6. The van der Waals surface area contributed by atoms with E-state index < -0.39 is 17.6 Å². The van der Waals surface area contributed by atoms with Crippen LogP contribution in [0.15, 0.2) is 12.2 Å². The molecule has 0 spiro atoms. The van der Waals surface area contributed by atoms with Gasteiger partial charge in [-0.3, -0.25) is 14.4 Å². The van der Waals surface area contributed by atoms with Crippen LogP contribution in [-0.2, 0) is 19.1 Å². The van der Waals surface area contributed by atoms with E-state index >= 15 is 0 Å². The third-order valence-corrected chi connectivity index (χ3v) is 5.68. The Bertz CT molecular complexity index is 722. The first-order valence-electron chi connectivity index (χ1n) is 11.4. The molecule has 2 aliphatic heterocycles. The molecule has 0 aromatic rings. The van der Waals surface area contributed by atoms with Crippen LogP contribution in [-0.4, -0.2) is 76.6 Å². The molecule has 2 aliphatic rings. The molecule has 0 saturated carbocycles. The number of carboxylic acid groups (broad SMARTS) is 1. The van der Waals surface area contributed by atoms with E-state index in [0.29, 0.717) is 32.6 Å². The zero-order valence-corrected chi connectivity index (χ0v) is 19.6. The molecule has 3 amide bonds. The van der Waals surface area contributed by atoms with Crippen LogP contribution in [0.4, 0.5) is 4.79 Å². The summed E-state index contributed by atoms with van der Waals surface area (Å²) in [5.41, 5.74) is -0.516. The summed E-state index contributed by atoms with van der Waals surface area (Å²) in [7, 11) is 0. The van der Waals surface area contributed by atoms with E-state index in [1.807, 2.05) is 26.8 Å². The zero-order valence-electron chi connectivity index (χ0n) is 19.6. The van der Waals surface area contributed by atoms with Crippen LogP contribution in [0.1, 0.15) is 59.8 Å². The Balaban J connectivity index is 1.79. The van der Waals surface area contributed by atoms with E-state index in [0.717, 1.165) is 19.3 Å². The topological polar surface area (TPSA) is 116 Å². The van der Waals surface area contributed by atoms with Gasteiger partial charge >= 0.3 is 12.1 Å². The second-order valence-electron chi connectivity index (χ2n) is 9.79. The van der Waals surface area contributed by atoms with Gasteiger partial charge in [-0.25, -0.2) is 4.79 Å². The molecule has 9 nitrogen and oxygen atoms in total. The van der Waals surface area contributed by atoms with Gasteiger partial charge in [0.15, 0.2) is 0 Å². The quantitative estimate of drug-likeness (QED) is 0.599. The van der Waals surface area contributed by atoms with Gasteiger partial charge < -0.3 is 25.0 Å². The van der Waals surface area contributed by atoms with Crippen LogP contribution >= 0.6 is 0 Å². The van der Waals surface area contributed by atoms with E-state index in [2.05, 4.69) is 5.32 Å². The van der Waals surface area contributed by atoms with Crippen LogP contribution in [0.25, 0.3) is 0 Å². The fourth-order valence-corrected chi connectivity index (χ4v) is 3.99. The van der Waals surface area contributed by atoms with Gasteiger partial charge in [0.2, 0.25) is 11.8 Å². The van der Waals surface area contributed by atoms with Crippen LogP contribution in [0.3, 0.4) is 0 Å². The van der Waals surface area contributed by atoms with Gasteiger partial charge in [0.05, 0.1) is 12.3 Å². The molecule has 0 radical (unpaired) electrons. The minimum Gasteiger partial charge on any atom is -0.481 e. The van der Waals surface area contributed by atoms with Crippen LogP contribution in [0, 0.1) is 11.8 Å². The smallest absolute Gasteiger partial charge is 0.410 e. The highest BCUT2D eigenvalue weighted by atomic mass is 16.6. The van der Waals surface area contributed by atoms with Crippen molar-refractivity contribution in [3.63, 3.8) is 0 Å². The van der Waals surface area contributed by atoms with E-state index in [1.54, 1.807) is 22.8 Å². The van der Waals surface area contributed by atoms with Crippen molar-refractivity contribution in [2.45, 2.75) is 71.4 Å². The summed E-state index contributed by atoms with van der Waals surface area (Å²) in [6, 6.07) is -0.447. The first-order chi connectivity index (χ1) is 14.9. The Morgan fingerprint density at radius 2 is 1.75 bits per heavy atom. The number of piperidine rings is 2. The van der Waals surface area contributed by atoms with Crippen molar-refractivity contribution in [3.8, 4) is 0 Å². The molecule has 0 aliphatic carbocycles. The van der Waals surface area contributed by atoms with Crippen LogP contribution < -0.4 is 5.32 Å². The van der Waals surface area contributed by atoms with Crippen molar-refractivity contribution in [3.05, 3.63) is 12.2 Å². The number of likely N-dealkylation sites (tertiary alicyclic amines) is 2. The van der Waals surface area contributed by atoms with Gasteiger partial charge in [0, 0.05) is 32.2 Å². The SMILES string of the molecule is C[C@H](CC(=O)O)NC(=O)[C@@H]1CCCN(C(=O)/C=C/C2CCN(C(=O)OC(C)(C)C)CC2)C1. The Hall–Kier alpha value is -2.58. The minimum absolute atomic E-state index is 0.115. The highest BCUT2D eigenvalue weighted by Gasteiger charge is 2.29. The lowest BCUT2D eigenvalue weighted by molar-refractivity contribution is -0.137. The summed E-state index contributed by atoms with van der Waals surface area (Å²) >= 11 is 0. The number of carbonyl (C=O) groups is 4. The number of nitrogens with zero attached hydrogens (tertiary/aromatic N) is 2. The van der Waals surface area contributed by atoms with Crippen molar-refractivity contribution in [2.24, 2.45) is 11.8 Å². The van der Waals surface area contributed by atoms with Gasteiger partial charge in [0.1, 0.15) is 5.60 Å². The predicted molar refractivity (Wildman–Crippen MR) is 119 cm³/mol. The van der Waals surface area contributed by atoms with Crippen LogP contribution in [0.5, 0.6) is 0 Å². The molecular weight excluding hydrogens is 414 g/mol. The normalized spacial score (nSPS) is 21.3. The Morgan fingerprint density at radius 1 is 1.09 bits per heavy atom. The maximum Gasteiger partial charge on any atom is 0.410 e. The summed E-state index contributed by atoms with van der Waals surface area (Å²) in [5, 5.41) is 11.6. The first-order valence-corrected chi connectivity index (χ1v) is 11.4. The van der Waals surface area contributed by atoms with Gasteiger partial charge in [-0.05, 0) is 65.4 Å². The number of hydrogen-bond donors (Lipinski definition) is 2. The van der Waals surface area contributed by atoms with E-state index in [-0.39, 0.29) is 36.2 Å². The molecule has 0 unspecified atom stereocenters. The lowest BCUT2D eigenvalue weighted by atomic mass is 9.95. The standard InChI is InChI=1S/C23H37N3O6/c1-16(14-20(28)29)24-21(30)18-6-5-11-26(15-18)19(27)8-7-17-9-12-25(13-10-17)22(31)32-23(2,3)4/h7-8,16-18H,5-6,9-15H2,1-4H3,(H,24,30)(H,28,29)/b8-7+/t16-,18-/m1/s1. The second-order valence-corrected chi connectivity index (χ2v) is 9.79. The van der Waals surface area contributed by atoms with E-state index in [9.17, 15) is 19.2 Å². The van der Waals surface area contributed by atoms with Crippen molar-refractivity contribution in [1.82, 2.24) is 15.1 Å². The Morgan fingerprint density at radius 3 is 2.34 bits per heavy atom. The molecule has 0 aromatic heterocycles. The number of carbonyl (C=O) groups excluding carboxylic acids is 3. The number of ether oxygens (including phenoxy) is 1. The molecule has 180 valence electrons. The van der Waals surface area contributed by atoms with Gasteiger partial charge in [-0.2, -0.15) is 0 Å². The number of allylic oxidation sites excluding steroid dienone is 1. The molecule has 9 heteroatoms. The molecule has 2 N–H and O–H groups in total. The van der Waals surface area contributed by atoms with E-state index in [1.165, 1.54) is 0 Å². The molecule has 2 rings (SSSR count). The molecule has 0 aromatic carbocycles. The molecule has 2 saturated heterocycles. The lowest BCUT2D eigenvalue weighted by Crippen LogP contribution is -2.47. The lowest BCUT2D eigenvalue weighted by Gasteiger charge is -2.33. The third kappa shape index (κ3) is 8.51. The van der Waals surface area contributed by atoms with Gasteiger partial charge in [-0.15, -0.1) is 0 Å². The van der Waals surface area contributed by atoms with Crippen molar-refractivity contribution in [1.29, 1.82) is 0 Å². The monoisotopic (exact) mass is 451 g/mol. The largest absolute Gasteiger partial charge is 0.481 e. The maximum atomic E-state index is 12.7. The van der Waals surface area contributed by atoms with Crippen molar-refractivity contribution < 1.29 is 29.0 Å². The van der Waals surface area contributed by atoms with Crippen molar-refractivity contribution >= 4 is 23.9 Å². The average Bonchev–Trinajstić information content (AvgIpc) is 2.70. The number of hydrogen-bond acceptors (Lipinski definition) is 5. The highest BCUT2D eigenvalue weighted by Crippen LogP contribution is 2.22. The number of carboxylic acids is 1. The van der Waals surface area contributed by atoms with Crippen LogP contribution in [0.2, 0.25) is 0 Å². The van der Waals surface area contributed by atoms with Gasteiger partial charge in [0.25, 0.3) is 0 Å².